The molecule has 0 atom stereocenters. The summed E-state index contributed by atoms with van der Waals surface area (Å²) in [7, 11) is 0. The van der Waals surface area contributed by atoms with Gasteiger partial charge in [-0.15, -0.1) is 11.8 Å². The van der Waals surface area contributed by atoms with E-state index in [2.05, 4.69) is 22.2 Å². The number of aromatic amines is 1. The molecule has 0 saturated heterocycles. The molecule has 2 aromatic carbocycles. The van der Waals surface area contributed by atoms with Gasteiger partial charge in [-0.3, -0.25) is 4.79 Å². The minimum Gasteiger partial charge on any atom is -0.345 e. The number of amides is 1. The smallest absolute Gasteiger partial charge is 0.252 e. The molecule has 0 aliphatic carbocycles. The lowest BCUT2D eigenvalue weighted by Crippen LogP contribution is -2.24. The van der Waals surface area contributed by atoms with Gasteiger partial charge < -0.3 is 10.3 Å². The molecule has 0 saturated carbocycles. The molecule has 23 heavy (non-hydrogen) atoms. The minimum absolute atomic E-state index is 0.0651. The SMILES string of the molecule is CCCSc1ccccc1C(=O)NCc1nc2ccccc2[nH]1. The Labute approximate surface area is 139 Å². The maximum Gasteiger partial charge on any atom is 0.252 e. The summed E-state index contributed by atoms with van der Waals surface area (Å²) in [5, 5.41) is 2.95. The highest BCUT2D eigenvalue weighted by Crippen LogP contribution is 2.23. The van der Waals surface area contributed by atoms with Gasteiger partial charge in [0, 0.05) is 4.90 Å². The molecule has 0 bridgehead atoms. The van der Waals surface area contributed by atoms with Gasteiger partial charge in [-0.25, -0.2) is 4.98 Å². The van der Waals surface area contributed by atoms with Crippen LogP contribution in [0.15, 0.2) is 53.4 Å². The highest BCUT2D eigenvalue weighted by molar-refractivity contribution is 7.99. The number of carbonyl (C=O) groups excluding carboxylic acids is 1. The second-order valence-corrected chi connectivity index (χ2v) is 6.36. The molecular weight excluding hydrogens is 306 g/mol. The molecular formula is C18H19N3OS. The molecule has 5 heteroatoms. The van der Waals surface area contributed by atoms with Crippen LogP contribution in [0.5, 0.6) is 0 Å². The molecule has 1 aromatic heterocycles. The van der Waals surface area contributed by atoms with E-state index in [1.807, 2.05) is 48.5 Å². The lowest BCUT2D eigenvalue weighted by atomic mass is 10.2. The normalized spacial score (nSPS) is 10.8. The van der Waals surface area contributed by atoms with Gasteiger partial charge in [0.2, 0.25) is 0 Å². The van der Waals surface area contributed by atoms with E-state index in [1.54, 1.807) is 11.8 Å². The van der Waals surface area contributed by atoms with Crippen LogP contribution >= 0.6 is 11.8 Å². The molecule has 3 aromatic rings. The van der Waals surface area contributed by atoms with E-state index in [0.717, 1.165) is 39.5 Å². The Balaban J connectivity index is 1.69. The summed E-state index contributed by atoms with van der Waals surface area (Å²) >= 11 is 1.72. The quantitative estimate of drug-likeness (QED) is 0.674. The number of benzene rings is 2. The Morgan fingerprint density at radius 2 is 1.96 bits per heavy atom. The number of thioether (sulfide) groups is 1. The number of H-pyrrole nitrogens is 1. The number of nitrogens with one attached hydrogen (secondary N) is 2. The first-order valence-electron chi connectivity index (χ1n) is 7.71. The molecule has 1 heterocycles. The molecule has 0 aliphatic heterocycles. The molecule has 0 aliphatic rings. The van der Waals surface area contributed by atoms with E-state index in [9.17, 15) is 4.79 Å². The molecule has 3 rings (SSSR count). The van der Waals surface area contributed by atoms with Crippen LogP contribution in [0.2, 0.25) is 0 Å². The number of carbonyl (C=O) groups is 1. The number of hydrogen-bond donors (Lipinski definition) is 2. The average Bonchev–Trinajstić information content (AvgIpc) is 3.01. The van der Waals surface area contributed by atoms with Crippen molar-refractivity contribution >= 4 is 28.7 Å². The van der Waals surface area contributed by atoms with Crippen molar-refractivity contribution in [3.8, 4) is 0 Å². The topological polar surface area (TPSA) is 57.8 Å². The maximum absolute atomic E-state index is 12.5. The second kappa shape index (κ2) is 7.33. The predicted octanol–water partition coefficient (Wildman–Crippen LogP) is 4.00. The molecule has 4 nitrogen and oxygen atoms in total. The summed E-state index contributed by atoms with van der Waals surface area (Å²) in [6, 6.07) is 15.6. The molecule has 118 valence electrons. The van der Waals surface area contributed by atoms with E-state index < -0.39 is 0 Å². The van der Waals surface area contributed by atoms with Gasteiger partial charge in [0.05, 0.1) is 23.1 Å². The molecule has 0 fully saturated rings. The van der Waals surface area contributed by atoms with Gasteiger partial charge in [-0.2, -0.15) is 0 Å². The highest BCUT2D eigenvalue weighted by atomic mass is 32.2. The summed E-state index contributed by atoms with van der Waals surface area (Å²) in [6.45, 7) is 2.53. The van der Waals surface area contributed by atoms with Crippen LogP contribution in [0.25, 0.3) is 11.0 Å². The first-order chi connectivity index (χ1) is 11.3. The van der Waals surface area contributed by atoms with Crippen molar-refractivity contribution in [2.75, 3.05) is 5.75 Å². The Morgan fingerprint density at radius 3 is 2.78 bits per heavy atom. The number of para-hydroxylation sites is 2. The molecule has 0 unspecified atom stereocenters. The van der Waals surface area contributed by atoms with Gasteiger partial charge >= 0.3 is 0 Å². The van der Waals surface area contributed by atoms with Crippen molar-refractivity contribution in [3.63, 3.8) is 0 Å². The molecule has 0 radical (unpaired) electrons. The lowest BCUT2D eigenvalue weighted by molar-refractivity contribution is 0.0947. The lowest BCUT2D eigenvalue weighted by Gasteiger charge is -2.08. The summed E-state index contributed by atoms with van der Waals surface area (Å²) in [6.07, 6.45) is 1.08. The minimum atomic E-state index is -0.0651. The van der Waals surface area contributed by atoms with Crippen LogP contribution in [0.3, 0.4) is 0 Å². The number of rotatable bonds is 6. The van der Waals surface area contributed by atoms with Crippen LogP contribution in [0.4, 0.5) is 0 Å². The van der Waals surface area contributed by atoms with E-state index >= 15 is 0 Å². The Hall–Kier alpha value is -2.27. The zero-order valence-electron chi connectivity index (χ0n) is 13.0. The first-order valence-corrected chi connectivity index (χ1v) is 8.70. The van der Waals surface area contributed by atoms with Gasteiger partial charge in [-0.05, 0) is 36.4 Å². The van der Waals surface area contributed by atoms with Gasteiger partial charge in [-0.1, -0.05) is 31.2 Å². The van der Waals surface area contributed by atoms with Crippen molar-refractivity contribution in [1.29, 1.82) is 0 Å². The zero-order chi connectivity index (χ0) is 16.1. The van der Waals surface area contributed by atoms with Gasteiger partial charge in [0.25, 0.3) is 5.91 Å². The van der Waals surface area contributed by atoms with Crippen LogP contribution in [0.1, 0.15) is 29.5 Å². The third kappa shape index (κ3) is 3.74. The third-order valence-corrected chi connectivity index (χ3v) is 4.73. The van der Waals surface area contributed by atoms with E-state index in [-0.39, 0.29) is 5.91 Å². The third-order valence-electron chi connectivity index (χ3n) is 3.45. The van der Waals surface area contributed by atoms with Crippen molar-refractivity contribution in [1.82, 2.24) is 15.3 Å². The summed E-state index contributed by atoms with van der Waals surface area (Å²) in [5.74, 6) is 1.70. The second-order valence-electron chi connectivity index (χ2n) is 5.23. The van der Waals surface area contributed by atoms with Gasteiger partial charge in [0.15, 0.2) is 0 Å². The van der Waals surface area contributed by atoms with Gasteiger partial charge in [0.1, 0.15) is 5.82 Å². The first kappa shape index (κ1) is 15.6. The molecule has 1 amide bonds. The molecule has 0 spiro atoms. The summed E-state index contributed by atoms with van der Waals surface area (Å²) < 4.78 is 0. The maximum atomic E-state index is 12.5. The standard InChI is InChI=1S/C18H19N3OS/c1-2-11-23-16-10-6-3-7-13(16)18(22)19-12-17-20-14-8-4-5-9-15(14)21-17/h3-10H,2,11-12H2,1H3,(H,19,22)(H,20,21). The number of hydrogen-bond acceptors (Lipinski definition) is 3. The predicted molar refractivity (Wildman–Crippen MR) is 94.7 cm³/mol. The Morgan fingerprint density at radius 1 is 1.17 bits per heavy atom. The Bertz CT molecular complexity index is 780. The van der Waals surface area contributed by atoms with Crippen molar-refractivity contribution in [2.45, 2.75) is 24.8 Å². The van der Waals surface area contributed by atoms with E-state index in [1.165, 1.54) is 0 Å². The van der Waals surface area contributed by atoms with E-state index in [0.29, 0.717) is 6.54 Å². The fourth-order valence-electron chi connectivity index (χ4n) is 2.34. The summed E-state index contributed by atoms with van der Waals surface area (Å²) in [4.78, 5) is 21.2. The van der Waals surface area contributed by atoms with Crippen molar-refractivity contribution in [3.05, 3.63) is 59.9 Å². The zero-order valence-corrected chi connectivity index (χ0v) is 13.8. The number of fused-ring (bicyclic) bond motifs is 1. The fourth-order valence-corrected chi connectivity index (χ4v) is 3.26. The van der Waals surface area contributed by atoms with E-state index in [4.69, 9.17) is 0 Å². The van der Waals surface area contributed by atoms with Crippen LogP contribution in [0, 0.1) is 0 Å². The van der Waals surface area contributed by atoms with Crippen LogP contribution in [-0.4, -0.2) is 21.6 Å². The van der Waals surface area contributed by atoms with Crippen LogP contribution in [-0.2, 0) is 6.54 Å². The monoisotopic (exact) mass is 325 g/mol. The number of imidazole rings is 1. The number of nitrogens with zero attached hydrogens (tertiary/aromatic N) is 1. The van der Waals surface area contributed by atoms with Crippen LogP contribution < -0.4 is 5.32 Å². The largest absolute Gasteiger partial charge is 0.345 e. The fraction of sp³-hybridized carbons (Fsp3) is 0.222. The van der Waals surface area contributed by atoms with Crippen molar-refractivity contribution in [2.24, 2.45) is 0 Å². The number of aromatic nitrogens is 2. The highest BCUT2D eigenvalue weighted by Gasteiger charge is 2.11. The van der Waals surface area contributed by atoms with Crippen molar-refractivity contribution < 1.29 is 4.79 Å². The summed E-state index contributed by atoms with van der Waals surface area (Å²) in [5.41, 5.74) is 2.62. The Kier molecular flexibility index (Phi) is 4.98. The molecule has 2 N–H and O–H groups in total. The average molecular weight is 325 g/mol.